The molecule has 0 bridgehead atoms. The number of hydrogen-bond acceptors (Lipinski definition) is 4. The average Bonchev–Trinajstić information content (AvgIpc) is 2.91. The van der Waals surface area contributed by atoms with Gasteiger partial charge in [-0.15, -0.1) is 15.3 Å². The zero-order valence-electron chi connectivity index (χ0n) is 13.7. The predicted molar refractivity (Wildman–Crippen MR) is 90.4 cm³/mol. The highest BCUT2D eigenvalue weighted by Crippen LogP contribution is 2.44. The average molecular weight is 307 g/mol. The molecule has 0 saturated heterocycles. The van der Waals surface area contributed by atoms with Gasteiger partial charge in [-0.1, -0.05) is 38.1 Å². The number of benzene rings is 1. The fourth-order valence-corrected chi connectivity index (χ4v) is 3.46. The van der Waals surface area contributed by atoms with Crippen molar-refractivity contribution in [3.8, 4) is 0 Å². The summed E-state index contributed by atoms with van der Waals surface area (Å²) in [6.45, 7) is 6.56. The zero-order chi connectivity index (χ0) is 16.0. The second-order valence-electron chi connectivity index (χ2n) is 7.00. The molecule has 1 aromatic carbocycles. The quantitative estimate of drug-likeness (QED) is 0.786. The lowest BCUT2D eigenvalue weighted by molar-refractivity contribution is 0.265. The van der Waals surface area contributed by atoms with Crippen molar-refractivity contribution in [2.75, 3.05) is 5.32 Å². The Kier molecular flexibility index (Phi) is 3.11. The van der Waals surface area contributed by atoms with Gasteiger partial charge in [-0.25, -0.2) is 0 Å². The molecule has 5 nitrogen and oxygen atoms in total. The molecular weight excluding hydrogens is 286 g/mol. The maximum Gasteiger partial charge on any atom is 0.178 e. The Morgan fingerprint density at radius 3 is 2.83 bits per heavy atom. The van der Waals surface area contributed by atoms with Gasteiger partial charge in [-0.05, 0) is 48.4 Å². The van der Waals surface area contributed by atoms with E-state index in [0.29, 0.717) is 0 Å². The Bertz CT molecular complexity index is 865. The molecule has 23 heavy (non-hydrogen) atoms. The molecule has 3 aromatic rings. The molecule has 4 rings (SSSR count). The van der Waals surface area contributed by atoms with Gasteiger partial charge in [0.25, 0.3) is 0 Å². The third kappa shape index (κ3) is 2.36. The van der Waals surface area contributed by atoms with Crippen LogP contribution in [0.1, 0.15) is 43.3 Å². The van der Waals surface area contributed by atoms with Crippen molar-refractivity contribution >= 4 is 11.5 Å². The molecule has 1 aliphatic carbocycles. The molecule has 1 aliphatic rings. The zero-order valence-corrected chi connectivity index (χ0v) is 13.7. The molecule has 0 amide bonds. The van der Waals surface area contributed by atoms with Crippen molar-refractivity contribution in [1.29, 1.82) is 0 Å². The Labute approximate surface area is 135 Å². The molecule has 118 valence electrons. The summed E-state index contributed by atoms with van der Waals surface area (Å²) in [4.78, 5) is 0. The SMILES string of the molecule is Cc1nnc2ccc(NC3c4ccccc4CCC3(C)C)nn12. The van der Waals surface area contributed by atoms with E-state index in [1.807, 2.05) is 19.1 Å². The van der Waals surface area contributed by atoms with Crippen LogP contribution >= 0.6 is 0 Å². The van der Waals surface area contributed by atoms with Crippen LogP contribution in [0.3, 0.4) is 0 Å². The van der Waals surface area contributed by atoms with E-state index >= 15 is 0 Å². The fourth-order valence-electron chi connectivity index (χ4n) is 3.46. The molecule has 0 radical (unpaired) electrons. The first-order valence-corrected chi connectivity index (χ1v) is 8.08. The summed E-state index contributed by atoms with van der Waals surface area (Å²) in [5.41, 5.74) is 3.76. The monoisotopic (exact) mass is 307 g/mol. The number of fused-ring (bicyclic) bond motifs is 2. The minimum atomic E-state index is 0.174. The second-order valence-corrected chi connectivity index (χ2v) is 7.00. The maximum atomic E-state index is 4.65. The summed E-state index contributed by atoms with van der Waals surface area (Å²) >= 11 is 0. The van der Waals surface area contributed by atoms with Gasteiger partial charge >= 0.3 is 0 Å². The molecular formula is C18H21N5. The molecule has 0 spiro atoms. The van der Waals surface area contributed by atoms with Crippen molar-refractivity contribution in [2.24, 2.45) is 5.41 Å². The Hall–Kier alpha value is -2.43. The van der Waals surface area contributed by atoms with Crippen LogP contribution in [0.5, 0.6) is 0 Å². The summed E-state index contributed by atoms with van der Waals surface area (Å²) in [5, 5.41) is 16.5. The molecule has 2 aromatic heterocycles. The van der Waals surface area contributed by atoms with Crippen molar-refractivity contribution in [3.63, 3.8) is 0 Å². The first-order chi connectivity index (χ1) is 11.0. The Morgan fingerprint density at radius 2 is 1.96 bits per heavy atom. The van der Waals surface area contributed by atoms with Gasteiger partial charge in [0, 0.05) is 0 Å². The molecule has 5 heteroatoms. The highest BCUT2D eigenvalue weighted by atomic mass is 15.4. The summed E-state index contributed by atoms with van der Waals surface area (Å²) in [7, 11) is 0. The van der Waals surface area contributed by atoms with E-state index in [0.717, 1.165) is 30.1 Å². The van der Waals surface area contributed by atoms with E-state index in [9.17, 15) is 0 Å². The highest BCUT2D eigenvalue weighted by Gasteiger charge is 2.35. The number of aryl methyl sites for hydroxylation is 2. The number of hydrogen-bond donors (Lipinski definition) is 1. The highest BCUT2D eigenvalue weighted by molar-refractivity contribution is 5.47. The smallest absolute Gasteiger partial charge is 0.178 e. The molecule has 0 fully saturated rings. The van der Waals surface area contributed by atoms with Crippen LogP contribution in [0.15, 0.2) is 36.4 Å². The Balaban J connectivity index is 1.74. The van der Waals surface area contributed by atoms with Crippen LogP contribution in [-0.2, 0) is 6.42 Å². The van der Waals surface area contributed by atoms with E-state index in [1.165, 1.54) is 11.1 Å². The normalized spacial score (nSPS) is 19.5. The van der Waals surface area contributed by atoms with Crippen LogP contribution in [0.25, 0.3) is 5.65 Å². The maximum absolute atomic E-state index is 4.65. The van der Waals surface area contributed by atoms with Crippen molar-refractivity contribution < 1.29 is 0 Å². The third-order valence-electron chi connectivity index (χ3n) is 4.90. The lowest BCUT2D eigenvalue weighted by atomic mass is 9.70. The largest absolute Gasteiger partial charge is 0.361 e. The minimum absolute atomic E-state index is 0.174. The summed E-state index contributed by atoms with van der Waals surface area (Å²) < 4.78 is 1.78. The lowest BCUT2D eigenvalue weighted by Gasteiger charge is -2.40. The van der Waals surface area contributed by atoms with Gasteiger partial charge in [-0.3, -0.25) is 0 Å². The van der Waals surface area contributed by atoms with Crippen LogP contribution in [-0.4, -0.2) is 19.8 Å². The number of aromatic nitrogens is 4. The van der Waals surface area contributed by atoms with E-state index in [-0.39, 0.29) is 11.5 Å². The number of nitrogens with one attached hydrogen (secondary N) is 1. The van der Waals surface area contributed by atoms with E-state index in [1.54, 1.807) is 4.52 Å². The predicted octanol–water partition coefficient (Wildman–Crippen LogP) is 3.56. The first kappa shape index (κ1) is 14.2. The summed E-state index contributed by atoms with van der Waals surface area (Å²) in [6.07, 6.45) is 2.30. The van der Waals surface area contributed by atoms with E-state index in [2.05, 4.69) is 58.7 Å². The van der Waals surface area contributed by atoms with Crippen molar-refractivity contribution in [3.05, 3.63) is 53.3 Å². The summed E-state index contributed by atoms with van der Waals surface area (Å²) in [5.74, 6) is 1.65. The van der Waals surface area contributed by atoms with Gasteiger partial charge in [0.15, 0.2) is 11.5 Å². The fraction of sp³-hybridized carbons (Fsp3) is 0.389. The van der Waals surface area contributed by atoms with E-state index in [4.69, 9.17) is 0 Å². The van der Waals surface area contributed by atoms with Gasteiger partial charge in [0.1, 0.15) is 5.82 Å². The van der Waals surface area contributed by atoms with Crippen LogP contribution in [0.2, 0.25) is 0 Å². The van der Waals surface area contributed by atoms with Gasteiger partial charge in [-0.2, -0.15) is 4.52 Å². The topological polar surface area (TPSA) is 55.1 Å². The Morgan fingerprint density at radius 1 is 1.13 bits per heavy atom. The van der Waals surface area contributed by atoms with Crippen molar-refractivity contribution in [2.45, 2.75) is 39.7 Å². The van der Waals surface area contributed by atoms with Gasteiger partial charge in [0.05, 0.1) is 6.04 Å². The molecule has 0 saturated carbocycles. The number of rotatable bonds is 2. The van der Waals surface area contributed by atoms with Crippen LogP contribution in [0, 0.1) is 12.3 Å². The number of anilines is 1. The molecule has 1 N–H and O–H groups in total. The lowest BCUT2D eigenvalue weighted by Crippen LogP contribution is -2.33. The summed E-state index contributed by atoms with van der Waals surface area (Å²) in [6, 6.07) is 12.9. The van der Waals surface area contributed by atoms with Crippen molar-refractivity contribution in [1.82, 2.24) is 19.8 Å². The minimum Gasteiger partial charge on any atom is -0.361 e. The van der Waals surface area contributed by atoms with Crippen LogP contribution < -0.4 is 5.32 Å². The molecule has 1 atom stereocenters. The third-order valence-corrected chi connectivity index (χ3v) is 4.90. The molecule has 2 heterocycles. The van der Waals surface area contributed by atoms with Crippen LogP contribution in [0.4, 0.5) is 5.82 Å². The molecule has 1 unspecified atom stereocenters. The number of nitrogens with zero attached hydrogens (tertiary/aromatic N) is 4. The first-order valence-electron chi connectivity index (χ1n) is 8.08. The van der Waals surface area contributed by atoms with Gasteiger partial charge < -0.3 is 5.32 Å². The molecule has 0 aliphatic heterocycles. The second kappa shape index (κ2) is 5.05. The van der Waals surface area contributed by atoms with E-state index < -0.39 is 0 Å². The standard InChI is InChI=1S/C18H21N5/c1-12-20-21-16-9-8-15(22-23(12)16)19-17-14-7-5-4-6-13(14)10-11-18(17,2)3/h4-9,17H,10-11H2,1-3H3,(H,19,22). The van der Waals surface area contributed by atoms with Gasteiger partial charge in [0.2, 0.25) is 0 Å².